The molecule has 1 atom stereocenters. The second kappa shape index (κ2) is 7.70. The summed E-state index contributed by atoms with van der Waals surface area (Å²) in [4.78, 5) is 14.4. The van der Waals surface area contributed by atoms with Crippen LogP contribution in [0.2, 0.25) is 0 Å². The van der Waals surface area contributed by atoms with Gasteiger partial charge in [0.1, 0.15) is 0 Å². The molecule has 0 aliphatic carbocycles. The summed E-state index contributed by atoms with van der Waals surface area (Å²) in [5.41, 5.74) is 0. The van der Waals surface area contributed by atoms with Gasteiger partial charge in [-0.3, -0.25) is 0 Å². The highest BCUT2D eigenvalue weighted by Gasteiger charge is 2.09. The molecule has 0 saturated carbocycles. The van der Waals surface area contributed by atoms with Crippen molar-refractivity contribution in [3.8, 4) is 0 Å². The molecule has 1 unspecified atom stereocenters. The van der Waals surface area contributed by atoms with E-state index < -0.39 is 6.10 Å². The summed E-state index contributed by atoms with van der Waals surface area (Å²) in [6, 6.07) is 0. The zero-order valence-corrected chi connectivity index (χ0v) is 11.6. The van der Waals surface area contributed by atoms with Gasteiger partial charge in [-0.2, -0.15) is 15.0 Å². The summed E-state index contributed by atoms with van der Waals surface area (Å²) >= 11 is 0. The Bertz CT molecular complexity index is 387. The number of rotatable bonds is 8. The molecule has 4 N–H and O–H groups in total. The molecule has 0 aliphatic heterocycles. The quantitative estimate of drug-likeness (QED) is 0.502. The van der Waals surface area contributed by atoms with Crippen LogP contribution >= 0.6 is 0 Å². The van der Waals surface area contributed by atoms with Gasteiger partial charge in [0.15, 0.2) is 0 Å². The van der Waals surface area contributed by atoms with Crippen molar-refractivity contribution >= 4 is 17.8 Å². The normalized spacial score (nSPS) is 12.1. The van der Waals surface area contributed by atoms with E-state index in [-0.39, 0.29) is 13.2 Å². The maximum atomic E-state index is 9.30. The molecule has 0 radical (unpaired) electrons. The molecule has 108 valence electrons. The predicted molar refractivity (Wildman–Crippen MR) is 74.5 cm³/mol. The largest absolute Gasteiger partial charge is 0.394 e. The van der Waals surface area contributed by atoms with Crippen molar-refractivity contribution < 1.29 is 10.2 Å². The van der Waals surface area contributed by atoms with Crippen LogP contribution in [0, 0.1) is 0 Å². The highest BCUT2D eigenvalue weighted by Crippen LogP contribution is 2.11. The Balaban J connectivity index is 2.80. The molecule has 0 amide bonds. The van der Waals surface area contributed by atoms with Gasteiger partial charge in [-0.05, 0) is 6.42 Å². The first-order valence-corrected chi connectivity index (χ1v) is 6.26. The monoisotopic (exact) mass is 270 g/mol. The van der Waals surface area contributed by atoms with Gasteiger partial charge in [0, 0.05) is 27.2 Å². The zero-order chi connectivity index (χ0) is 14.3. The molecular formula is C11H22N6O2. The smallest absolute Gasteiger partial charge is 0.231 e. The van der Waals surface area contributed by atoms with E-state index in [9.17, 15) is 5.11 Å². The zero-order valence-electron chi connectivity index (χ0n) is 11.6. The third kappa shape index (κ3) is 5.23. The second-order valence-electron chi connectivity index (χ2n) is 4.32. The molecule has 19 heavy (non-hydrogen) atoms. The van der Waals surface area contributed by atoms with Gasteiger partial charge in [0.2, 0.25) is 17.8 Å². The van der Waals surface area contributed by atoms with E-state index >= 15 is 0 Å². The van der Waals surface area contributed by atoms with Crippen molar-refractivity contribution in [1.29, 1.82) is 0 Å². The lowest BCUT2D eigenvalue weighted by Gasteiger charge is -2.14. The summed E-state index contributed by atoms with van der Waals surface area (Å²) in [6.45, 7) is 2.70. The van der Waals surface area contributed by atoms with Crippen LogP contribution in [-0.4, -0.2) is 65.1 Å². The van der Waals surface area contributed by atoms with Crippen LogP contribution in [0.1, 0.15) is 13.3 Å². The van der Waals surface area contributed by atoms with Gasteiger partial charge in [-0.25, -0.2) is 0 Å². The van der Waals surface area contributed by atoms with E-state index in [2.05, 4.69) is 32.5 Å². The molecule has 0 saturated heterocycles. The molecule has 1 aromatic heterocycles. The fraction of sp³-hybridized carbons (Fsp3) is 0.727. The highest BCUT2D eigenvalue weighted by atomic mass is 16.3. The van der Waals surface area contributed by atoms with Crippen molar-refractivity contribution in [3.05, 3.63) is 0 Å². The predicted octanol–water partition coefficient (Wildman–Crippen LogP) is -0.475. The van der Waals surface area contributed by atoms with Crippen LogP contribution in [-0.2, 0) is 0 Å². The lowest BCUT2D eigenvalue weighted by atomic mass is 10.4. The topological polar surface area (TPSA) is 106 Å². The molecule has 8 nitrogen and oxygen atoms in total. The molecule has 0 aliphatic rings. The number of aliphatic hydroxyl groups excluding tert-OH is 2. The molecule has 0 aromatic carbocycles. The van der Waals surface area contributed by atoms with Crippen molar-refractivity contribution in [2.45, 2.75) is 19.4 Å². The van der Waals surface area contributed by atoms with Gasteiger partial charge in [-0.1, -0.05) is 6.92 Å². The van der Waals surface area contributed by atoms with Gasteiger partial charge in [-0.15, -0.1) is 0 Å². The van der Waals surface area contributed by atoms with E-state index in [0.29, 0.717) is 17.8 Å². The number of anilines is 3. The van der Waals surface area contributed by atoms with Crippen molar-refractivity contribution in [1.82, 2.24) is 15.0 Å². The fourth-order valence-electron chi connectivity index (χ4n) is 1.23. The third-order valence-corrected chi connectivity index (χ3v) is 2.26. The fourth-order valence-corrected chi connectivity index (χ4v) is 1.23. The van der Waals surface area contributed by atoms with E-state index in [1.807, 2.05) is 14.1 Å². The van der Waals surface area contributed by atoms with Crippen LogP contribution in [0.3, 0.4) is 0 Å². The molecule has 0 bridgehead atoms. The molecule has 1 heterocycles. The summed E-state index contributed by atoms with van der Waals surface area (Å²) in [5.74, 6) is 1.38. The van der Waals surface area contributed by atoms with Crippen molar-refractivity contribution in [2.75, 3.05) is 49.3 Å². The minimum atomic E-state index is -0.841. The van der Waals surface area contributed by atoms with E-state index in [0.717, 1.165) is 13.0 Å². The summed E-state index contributed by atoms with van der Waals surface area (Å²) in [6.07, 6.45) is 0.126. The van der Waals surface area contributed by atoms with Crippen LogP contribution in [0.25, 0.3) is 0 Å². The molecular weight excluding hydrogens is 248 g/mol. The summed E-state index contributed by atoms with van der Waals surface area (Å²) in [5, 5.41) is 24.0. The lowest BCUT2D eigenvalue weighted by molar-refractivity contribution is 0.105. The van der Waals surface area contributed by atoms with Crippen LogP contribution < -0.4 is 15.5 Å². The SMILES string of the molecule is CCCNc1nc(NCC(O)CO)nc(N(C)C)n1. The minimum Gasteiger partial charge on any atom is -0.394 e. The van der Waals surface area contributed by atoms with Crippen LogP contribution in [0.4, 0.5) is 17.8 Å². The van der Waals surface area contributed by atoms with E-state index in [1.165, 1.54) is 0 Å². The maximum absolute atomic E-state index is 9.30. The third-order valence-electron chi connectivity index (χ3n) is 2.26. The Morgan fingerprint density at radius 1 is 1.16 bits per heavy atom. The highest BCUT2D eigenvalue weighted by molar-refractivity contribution is 5.42. The number of nitrogens with one attached hydrogen (secondary N) is 2. The maximum Gasteiger partial charge on any atom is 0.231 e. The number of nitrogens with zero attached hydrogens (tertiary/aromatic N) is 4. The van der Waals surface area contributed by atoms with E-state index in [4.69, 9.17) is 5.11 Å². The number of aliphatic hydroxyl groups is 2. The van der Waals surface area contributed by atoms with Gasteiger partial charge in [0.25, 0.3) is 0 Å². The summed E-state index contributed by atoms with van der Waals surface area (Å²) < 4.78 is 0. The Labute approximate surface area is 112 Å². The molecule has 0 spiro atoms. The van der Waals surface area contributed by atoms with Gasteiger partial charge in [0.05, 0.1) is 12.7 Å². The second-order valence-corrected chi connectivity index (χ2v) is 4.32. The van der Waals surface area contributed by atoms with Gasteiger partial charge >= 0.3 is 0 Å². The van der Waals surface area contributed by atoms with E-state index in [1.54, 1.807) is 4.90 Å². The van der Waals surface area contributed by atoms with Crippen molar-refractivity contribution in [2.24, 2.45) is 0 Å². The first-order chi connectivity index (χ1) is 9.06. The number of aromatic nitrogens is 3. The lowest BCUT2D eigenvalue weighted by Crippen LogP contribution is -2.25. The minimum absolute atomic E-state index is 0.181. The average molecular weight is 270 g/mol. The first kappa shape index (κ1) is 15.4. The van der Waals surface area contributed by atoms with Crippen molar-refractivity contribution in [3.63, 3.8) is 0 Å². The van der Waals surface area contributed by atoms with Crippen LogP contribution in [0.5, 0.6) is 0 Å². The van der Waals surface area contributed by atoms with Gasteiger partial charge < -0.3 is 25.7 Å². The number of hydrogen-bond acceptors (Lipinski definition) is 8. The average Bonchev–Trinajstić information content (AvgIpc) is 2.42. The standard InChI is InChI=1S/C11H22N6O2/c1-4-5-12-9-14-10(13-6-8(19)7-18)16-11(15-9)17(2)3/h8,18-19H,4-7H2,1-3H3,(H2,12,13,14,15,16). The Hall–Kier alpha value is -1.67. The Kier molecular flexibility index (Phi) is 6.23. The molecule has 8 heteroatoms. The van der Waals surface area contributed by atoms with Crippen LogP contribution in [0.15, 0.2) is 0 Å². The molecule has 0 fully saturated rings. The summed E-state index contributed by atoms with van der Waals surface area (Å²) in [7, 11) is 3.68. The Morgan fingerprint density at radius 2 is 1.79 bits per heavy atom. The molecule has 1 rings (SSSR count). The molecule has 1 aromatic rings. The number of hydrogen-bond donors (Lipinski definition) is 4. The Morgan fingerprint density at radius 3 is 2.32 bits per heavy atom. The first-order valence-electron chi connectivity index (χ1n) is 6.26.